The van der Waals surface area contributed by atoms with Gasteiger partial charge in [-0.2, -0.15) is 26.3 Å². The van der Waals surface area contributed by atoms with Crippen LogP contribution in [0.2, 0.25) is 0 Å². The lowest BCUT2D eigenvalue weighted by atomic mass is 10.2. The van der Waals surface area contributed by atoms with Crippen LogP contribution in [-0.4, -0.2) is 11.8 Å². The number of allylic oxidation sites excluding steroid dienone is 1. The third kappa shape index (κ3) is 1.66. The summed E-state index contributed by atoms with van der Waals surface area (Å²) < 4.78 is 69.3. The summed E-state index contributed by atoms with van der Waals surface area (Å²) in [5.41, 5.74) is 0. The van der Waals surface area contributed by atoms with Gasteiger partial charge in [-0.25, -0.2) is 0 Å². The van der Waals surface area contributed by atoms with Crippen LogP contribution in [0.1, 0.15) is 0 Å². The molecular weight excluding hydrogens is 174 g/mol. The summed E-state index contributed by atoms with van der Waals surface area (Å²) in [7, 11) is 0. The van der Waals surface area contributed by atoms with Crippen LogP contribution in [0.4, 0.5) is 26.3 Å². The van der Waals surface area contributed by atoms with Crippen molar-refractivity contribution in [3.63, 3.8) is 0 Å². The van der Waals surface area contributed by atoms with Crippen molar-refractivity contribution in [1.82, 2.24) is 0 Å². The van der Waals surface area contributed by atoms with Gasteiger partial charge >= 0.3 is 18.3 Å². The monoisotopic (exact) mass is 177 g/mol. The van der Waals surface area contributed by atoms with Crippen LogP contribution in [0.15, 0.2) is 12.7 Å². The second-order valence-electron chi connectivity index (χ2n) is 1.66. The van der Waals surface area contributed by atoms with Crippen molar-refractivity contribution in [3.05, 3.63) is 19.1 Å². The number of alkyl halides is 4. The molecule has 0 atom stereocenters. The molecule has 0 saturated carbocycles. The molecular formula is C5H3F6. The maximum Gasteiger partial charge on any atom is 0.385 e. The molecule has 11 heavy (non-hydrogen) atoms. The highest BCUT2D eigenvalue weighted by molar-refractivity contribution is 5.05. The molecule has 0 aliphatic heterocycles. The molecule has 65 valence electrons. The van der Waals surface area contributed by atoms with Crippen LogP contribution in [0.3, 0.4) is 0 Å². The van der Waals surface area contributed by atoms with Gasteiger partial charge in [0, 0.05) is 0 Å². The molecule has 0 aromatic rings. The molecule has 0 unspecified atom stereocenters. The molecule has 0 nitrogen and oxygen atoms in total. The molecule has 0 saturated heterocycles. The van der Waals surface area contributed by atoms with E-state index in [2.05, 4.69) is 6.58 Å². The fraction of sp³-hybridized carbons (Fsp3) is 0.400. The molecule has 0 rings (SSSR count). The topological polar surface area (TPSA) is 0 Å². The zero-order valence-electron chi connectivity index (χ0n) is 5.05. The van der Waals surface area contributed by atoms with Crippen LogP contribution in [0.5, 0.6) is 0 Å². The van der Waals surface area contributed by atoms with Gasteiger partial charge in [-0.3, -0.25) is 0 Å². The van der Waals surface area contributed by atoms with Crippen molar-refractivity contribution >= 4 is 0 Å². The molecule has 0 amide bonds. The quantitative estimate of drug-likeness (QED) is 0.459. The summed E-state index contributed by atoms with van der Waals surface area (Å²) in [6, 6.07) is 0. The van der Waals surface area contributed by atoms with Crippen molar-refractivity contribution in [1.29, 1.82) is 0 Å². The first kappa shape index (κ1) is 10.3. The van der Waals surface area contributed by atoms with Crippen molar-refractivity contribution in [2.75, 3.05) is 0 Å². The number of rotatable bonds is 3. The van der Waals surface area contributed by atoms with Gasteiger partial charge < -0.3 is 0 Å². The van der Waals surface area contributed by atoms with Gasteiger partial charge in [0.25, 0.3) is 0 Å². The fourth-order valence-electron chi connectivity index (χ4n) is 0.254. The Balaban J connectivity index is 4.66. The van der Waals surface area contributed by atoms with Gasteiger partial charge in [0.2, 0.25) is 0 Å². The lowest BCUT2D eigenvalue weighted by Crippen LogP contribution is -2.41. The van der Waals surface area contributed by atoms with Crippen LogP contribution in [0.25, 0.3) is 0 Å². The fourth-order valence-corrected chi connectivity index (χ4v) is 0.254. The van der Waals surface area contributed by atoms with Gasteiger partial charge in [0.15, 0.2) is 0 Å². The highest BCUT2D eigenvalue weighted by Crippen LogP contribution is 2.43. The van der Waals surface area contributed by atoms with E-state index in [0.717, 1.165) is 0 Å². The van der Waals surface area contributed by atoms with Crippen molar-refractivity contribution in [3.8, 4) is 0 Å². The third-order valence-electron chi connectivity index (χ3n) is 0.912. The number of hydrogen-bond donors (Lipinski definition) is 0. The van der Waals surface area contributed by atoms with E-state index in [-0.39, 0.29) is 0 Å². The first-order valence-corrected chi connectivity index (χ1v) is 2.33. The molecule has 0 heterocycles. The molecule has 0 aliphatic carbocycles. The van der Waals surface area contributed by atoms with Crippen LogP contribution in [-0.2, 0) is 0 Å². The van der Waals surface area contributed by atoms with E-state index >= 15 is 0 Å². The Bertz CT molecular complexity index is 149. The van der Waals surface area contributed by atoms with Gasteiger partial charge in [0.05, 0.1) is 0 Å². The minimum Gasteiger partial charge on any atom is -0.195 e. The predicted molar refractivity (Wildman–Crippen MR) is 25.5 cm³/mol. The predicted octanol–water partition coefficient (Wildman–Crippen LogP) is 2.87. The highest BCUT2D eigenvalue weighted by atomic mass is 19.3. The summed E-state index contributed by atoms with van der Waals surface area (Å²) in [6.45, 7) is 2.30. The minimum atomic E-state index is -5.42. The number of hydrogen-bond acceptors (Lipinski definition) is 0. The maximum atomic E-state index is 11.8. The Hall–Kier alpha value is -0.680. The average Bonchev–Trinajstić information content (AvgIpc) is 1.87. The summed E-state index contributed by atoms with van der Waals surface area (Å²) in [6.07, 6.45) is -4.14. The van der Waals surface area contributed by atoms with E-state index in [1.165, 1.54) is 0 Å². The van der Waals surface area contributed by atoms with Crippen molar-refractivity contribution in [2.24, 2.45) is 0 Å². The molecule has 1 radical (unpaired) electrons. The third-order valence-corrected chi connectivity index (χ3v) is 0.912. The van der Waals surface area contributed by atoms with Crippen molar-refractivity contribution < 1.29 is 26.3 Å². The van der Waals surface area contributed by atoms with Crippen LogP contribution < -0.4 is 0 Å². The second kappa shape index (κ2) is 2.75. The molecule has 0 aliphatic rings. The Morgan fingerprint density at radius 2 is 1.45 bits per heavy atom. The zero-order chi connectivity index (χ0) is 9.28. The lowest BCUT2D eigenvalue weighted by Gasteiger charge is -2.20. The van der Waals surface area contributed by atoms with Gasteiger partial charge in [0.1, 0.15) is 0 Å². The Kier molecular flexibility index (Phi) is 2.58. The SMILES string of the molecule is C=CC(F)(F)C(F)(F)[C](F)F. The summed E-state index contributed by atoms with van der Waals surface area (Å²) in [4.78, 5) is 0. The van der Waals surface area contributed by atoms with Crippen molar-refractivity contribution in [2.45, 2.75) is 11.8 Å². The molecule has 0 fully saturated rings. The Morgan fingerprint density at radius 1 is 1.09 bits per heavy atom. The van der Waals surface area contributed by atoms with E-state index in [4.69, 9.17) is 0 Å². The smallest absolute Gasteiger partial charge is 0.195 e. The standard InChI is InChI=1S/C5H3F6/c1-2-4(8,9)5(10,11)3(6)7/h2H,1H2. The second-order valence-corrected chi connectivity index (χ2v) is 1.66. The Labute approximate surface area is 58.5 Å². The van der Waals surface area contributed by atoms with E-state index in [1.54, 1.807) is 0 Å². The maximum absolute atomic E-state index is 11.8. The molecule has 0 N–H and O–H groups in total. The largest absolute Gasteiger partial charge is 0.385 e. The molecule has 0 spiro atoms. The summed E-state index contributed by atoms with van der Waals surface area (Å²) in [5, 5.41) is 0. The first-order valence-electron chi connectivity index (χ1n) is 2.33. The average molecular weight is 177 g/mol. The lowest BCUT2D eigenvalue weighted by molar-refractivity contribution is -0.201. The molecule has 0 aromatic carbocycles. The van der Waals surface area contributed by atoms with Gasteiger partial charge in [-0.05, 0) is 6.08 Å². The zero-order valence-corrected chi connectivity index (χ0v) is 5.05. The van der Waals surface area contributed by atoms with E-state index in [0.29, 0.717) is 0 Å². The highest BCUT2D eigenvalue weighted by Gasteiger charge is 2.62. The van der Waals surface area contributed by atoms with E-state index < -0.39 is 24.3 Å². The summed E-state index contributed by atoms with van der Waals surface area (Å²) in [5.74, 6) is -10.3. The minimum absolute atomic E-state index is 0.522. The Morgan fingerprint density at radius 3 is 1.55 bits per heavy atom. The normalized spacial score (nSPS) is 13.7. The van der Waals surface area contributed by atoms with Gasteiger partial charge in [-0.1, -0.05) is 6.58 Å². The first-order chi connectivity index (χ1) is 4.75. The van der Waals surface area contributed by atoms with E-state index in [1.807, 2.05) is 0 Å². The van der Waals surface area contributed by atoms with Crippen LogP contribution >= 0.6 is 0 Å². The molecule has 0 aromatic heterocycles. The summed E-state index contributed by atoms with van der Waals surface area (Å²) >= 11 is 0. The van der Waals surface area contributed by atoms with Crippen LogP contribution in [0, 0.1) is 6.43 Å². The molecule has 6 heteroatoms. The van der Waals surface area contributed by atoms with E-state index in [9.17, 15) is 26.3 Å². The van der Waals surface area contributed by atoms with Gasteiger partial charge in [-0.15, -0.1) is 0 Å². The number of halogens is 6. The molecule has 0 bridgehead atoms.